The van der Waals surface area contributed by atoms with Crippen molar-refractivity contribution in [2.75, 3.05) is 7.11 Å². The van der Waals surface area contributed by atoms with Crippen LogP contribution in [-0.4, -0.2) is 33.1 Å². The maximum atomic E-state index is 11.9. The molecule has 0 unspecified atom stereocenters. The van der Waals surface area contributed by atoms with Crippen molar-refractivity contribution in [3.8, 4) is 0 Å². The van der Waals surface area contributed by atoms with Crippen molar-refractivity contribution in [3.63, 3.8) is 0 Å². The summed E-state index contributed by atoms with van der Waals surface area (Å²) in [5, 5.41) is 8.97. The average molecular weight is 288 g/mol. The predicted octanol–water partition coefficient (Wildman–Crippen LogP) is 1.07. The van der Waals surface area contributed by atoms with Crippen molar-refractivity contribution in [2.24, 2.45) is 4.40 Å². The standard InChI is InChI=1S/C12H6N3O4S/c1-14-7-3-4-8-10(5-7)20(17,18)15-11(8)9(6-13)12(16)19-2/h3-5H,2H3/q-1. The van der Waals surface area contributed by atoms with Crippen LogP contribution in [0.15, 0.2) is 33.1 Å². The summed E-state index contributed by atoms with van der Waals surface area (Å²) in [4.78, 5) is 14.4. The number of rotatable bonds is 2. The summed E-state index contributed by atoms with van der Waals surface area (Å²) >= 11 is 0. The van der Waals surface area contributed by atoms with E-state index in [1.807, 2.05) is 0 Å². The van der Waals surface area contributed by atoms with Crippen molar-refractivity contribution >= 4 is 33.3 Å². The van der Waals surface area contributed by atoms with E-state index in [1.54, 1.807) is 5.87 Å². The van der Waals surface area contributed by atoms with Gasteiger partial charge in [-0.15, -0.1) is 0 Å². The van der Waals surface area contributed by atoms with E-state index >= 15 is 0 Å². The molecule has 0 fully saturated rings. The Morgan fingerprint density at radius 3 is 2.75 bits per heavy atom. The zero-order valence-corrected chi connectivity index (χ0v) is 10.9. The van der Waals surface area contributed by atoms with Crippen molar-refractivity contribution in [3.05, 3.63) is 46.2 Å². The second-order valence-corrected chi connectivity index (χ2v) is 5.26. The fourth-order valence-electron chi connectivity index (χ4n) is 1.69. The molecule has 1 aromatic carbocycles. The number of benzene rings is 1. The van der Waals surface area contributed by atoms with Crippen LogP contribution in [0, 0.1) is 6.57 Å². The van der Waals surface area contributed by atoms with Gasteiger partial charge in [-0.1, -0.05) is 12.1 Å². The minimum Gasteiger partial charge on any atom is -0.763 e. The molecule has 0 saturated carbocycles. The Morgan fingerprint density at radius 1 is 1.50 bits per heavy atom. The summed E-state index contributed by atoms with van der Waals surface area (Å²) in [6.45, 7) is 6.87. The summed E-state index contributed by atoms with van der Waals surface area (Å²) in [5.41, 5.74) is -0.518. The topological polar surface area (TPSA) is 99.5 Å². The van der Waals surface area contributed by atoms with Gasteiger partial charge in [0.05, 0.1) is 18.6 Å². The predicted molar refractivity (Wildman–Crippen MR) is 70.3 cm³/mol. The monoisotopic (exact) mass is 288 g/mol. The van der Waals surface area contributed by atoms with E-state index in [2.05, 4.69) is 14.0 Å². The highest BCUT2D eigenvalue weighted by molar-refractivity contribution is 7.90. The molecule has 1 aliphatic rings. The van der Waals surface area contributed by atoms with Crippen molar-refractivity contribution in [2.45, 2.75) is 4.90 Å². The highest BCUT2D eigenvalue weighted by Crippen LogP contribution is 2.32. The van der Waals surface area contributed by atoms with E-state index < -0.39 is 21.6 Å². The highest BCUT2D eigenvalue weighted by Gasteiger charge is 2.32. The van der Waals surface area contributed by atoms with Crippen LogP contribution in [0.4, 0.5) is 5.69 Å². The number of carbonyl (C=O) groups excluding carboxylic acids is 1. The normalized spacial score (nSPS) is 14.5. The highest BCUT2D eigenvalue weighted by atomic mass is 32.2. The van der Waals surface area contributed by atoms with E-state index in [4.69, 9.17) is 12.0 Å². The zero-order chi connectivity index (χ0) is 14.9. The molecule has 0 radical (unpaired) electrons. The Morgan fingerprint density at radius 2 is 2.20 bits per heavy atom. The van der Waals surface area contributed by atoms with Gasteiger partial charge in [0.1, 0.15) is 11.3 Å². The number of methoxy groups -OCH3 is 1. The van der Waals surface area contributed by atoms with Crippen LogP contribution in [0.1, 0.15) is 5.56 Å². The number of fused-ring (bicyclic) bond motifs is 1. The molecule has 0 N–H and O–H groups in total. The Balaban J connectivity index is 2.71. The van der Waals surface area contributed by atoms with E-state index in [9.17, 15) is 13.2 Å². The van der Waals surface area contributed by atoms with E-state index in [1.165, 1.54) is 12.1 Å². The second kappa shape index (κ2) is 4.74. The molecule has 1 heterocycles. The first-order valence-corrected chi connectivity index (χ1v) is 6.61. The Kier molecular flexibility index (Phi) is 3.24. The first kappa shape index (κ1) is 13.7. The average Bonchev–Trinajstić information content (AvgIpc) is 2.71. The quantitative estimate of drug-likeness (QED) is 0.351. The fraction of sp³-hybridized carbons (Fsp3) is 0.0833. The maximum absolute atomic E-state index is 11.9. The lowest BCUT2D eigenvalue weighted by atomic mass is 10.0. The molecule has 0 atom stereocenters. The van der Waals surface area contributed by atoms with Crippen LogP contribution in [0.5, 0.6) is 0 Å². The van der Waals surface area contributed by atoms with Crippen LogP contribution < -0.4 is 0 Å². The number of ether oxygens (including phenoxy) is 1. The van der Waals surface area contributed by atoms with Gasteiger partial charge in [0.15, 0.2) is 5.69 Å². The molecule has 0 saturated heterocycles. The largest absolute Gasteiger partial charge is 0.763 e. The minimum atomic E-state index is -4.02. The number of esters is 1. The van der Waals surface area contributed by atoms with Gasteiger partial charge in [-0.2, -0.15) is 12.8 Å². The third-order valence-electron chi connectivity index (χ3n) is 2.58. The van der Waals surface area contributed by atoms with Crippen LogP contribution in [0.25, 0.3) is 10.3 Å². The lowest BCUT2D eigenvalue weighted by Gasteiger charge is -2.05. The number of hydrogen-bond acceptors (Lipinski definition) is 4. The number of hydrogen-bond donors (Lipinski definition) is 0. The molecule has 8 heteroatoms. The molecular formula is C12H6N3O4S-. The second-order valence-electron chi connectivity index (χ2n) is 3.69. The van der Waals surface area contributed by atoms with Gasteiger partial charge >= 0.3 is 5.97 Å². The van der Waals surface area contributed by atoms with Crippen LogP contribution in [0.2, 0.25) is 0 Å². The summed E-state index contributed by atoms with van der Waals surface area (Å²) in [6.07, 6.45) is 0. The molecule has 20 heavy (non-hydrogen) atoms. The van der Waals surface area contributed by atoms with Crippen LogP contribution >= 0.6 is 0 Å². The smallest absolute Gasteiger partial charge is 0.346 e. The summed E-state index contributed by atoms with van der Waals surface area (Å²) in [7, 11) is -2.94. The molecule has 2 rings (SSSR count). The molecule has 1 aliphatic heterocycles. The maximum Gasteiger partial charge on any atom is 0.346 e. The van der Waals surface area contributed by atoms with Gasteiger partial charge in [0.2, 0.25) is 0 Å². The molecule has 0 aromatic heterocycles. The zero-order valence-electron chi connectivity index (χ0n) is 10.1. The Bertz CT molecular complexity index is 840. The van der Waals surface area contributed by atoms with Crippen LogP contribution in [-0.2, 0) is 19.6 Å². The summed E-state index contributed by atoms with van der Waals surface area (Å²) < 4.78 is 31.6. The van der Waals surface area contributed by atoms with E-state index in [0.29, 0.717) is 0 Å². The first-order chi connectivity index (χ1) is 9.44. The first-order valence-electron chi connectivity index (χ1n) is 5.17. The molecule has 0 spiro atoms. The molecule has 100 valence electrons. The van der Waals surface area contributed by atoms with Crippen molar-refractivity contribution in [1.82, 2.24) is 0 Å². The van der Waals surface area contributed by atoms with E-state index in [0.717, 1.165) is 13.2 Å². The van der Waals surface area contributed by atoms with Crippen molar-refractivity contribution in [1.29, 1.82) is 0 Å². The molecule has 0 bridgehead atoms. The lowest BCUT2D eigenvalue weighted by Crippen LogP contribution is -2.15. The Labute approximate surface area is 114 Å². The van der Waals surface area contributed by atoms with Gasteiger partial charge in [-0.3, -0.25) is 5.87 Å². The van der Waals surface area contributed by atoms with E-state index in [-0.39, 0.29) is 21.9 Å². The number of sulfonamides is 1. The third-order valence-corrected chi connectivity index (χ3v) is 3.89. The lowest BCUT2D eigenvalue weighted by molar-refractivity contribution is -0.135. The van der Waals surface area contributed by atoms with Gasteiger partial charge in [-0.05, 0) is 6.07 Å². The van der Waals surface area contributed by atoms with Gasteiger partial charge < -0.3 is 10.1 Å². The number of nitrogens with zero attached hydrogens (tertiary/aromatic N) is 3. The SMILES string of the molecule is [C-]#[N+]c1ccc2c(c1)S(=O)(=O)N=C2C(=C=[N-])C(=O)OC. The van der Waals surface area contributed by atoms with Gasteiger partial charge in [0, 0.05) is 5.56 Å². The minimum absolute atomic E-state index is 0.111. The molecular weight excluding hydrogens is 282 g/mol. The number of carbonyl (C=O) groups is 1. The molecule has 7 nitrogen and oxygen atoms in total. The third kappa shape index (κ3) is 2.01. The fourth-order valence-corrected chi connectivity index (χ4v) is 2.93. The Hall–Kier alpha value is -2.75. The molecule has 0 amide bonds. The van der Waals surface area contributed by atoms with Gasteiger partial charge in [-0.25, -0.2) is 9.64 Å². The van der Waals surface area contributed by atoms with Crippen molar-refractivity contribution < 1.29 is 17.9 Å². The summed E-state index contributed by atoms with van der Waals surface area (Å²) in [5.74, 6) is 0.619. The summed E-state index contributed by atoms with van der Waals surface area (Å²) in [6, 6.07) is 3.88. The van der Waals surface area contributed by atoms with Crippen LogP contribution in [0.3, 0.4) is 0 Å². The van der Waals surface area contributed by atoms with Gasteiger partial charge in [0.25, 0.3) is 10.0 Å². The molecule has 1 aromatic rings. The molecule has 0 aliphatic carbocycles.